The van der Waals surface area contributed by atoms with E-state index in [1.165, 1.54) is 22.3 Å². The number of benzene rings is 3. The van der Waals surface area contributed by atoms with E-state index in [0.717, 1.165) is 36.4 Å². The van der Waals surface area contributed by atoms with Crippen molar-refractivity contribution in [1.29, 1.82) is 5.26 Å². The maximum atomic E-state index is 8.61. The number of nitrogens with zero attached hydrogens (tertiary/aromatic N) is 2. The van der Waals surface area contributed by atoms with Crippen LogP contribution in [0.15, 0.2) is 78.9 Å². The second kappa shape index (κ2) is 9.86. The largest absolute Gasteiger partial charge is 0.494 e. The van der Waals surface area contributed by atoms with Crippen LogP contribution in [0.2, 0.25) is 0 Å². The molecule has 4 aromatic rings. The minimum atomic E-state index is 0.524. The summed E-state index contributed by atoms with van der Waals surface area (Å²) in [5.41, 5.74) is 5.97. The van der Waals surface area contributed by atoms with E-state index in [4.69, 9.17) is 10.00 Å². The van der Waals surface area contributed by atoms with E-state index in [2.05, 4.69) is 83.5 Å². The van der Waals surface area contributed by atoms with Gasteiger partial charge in [-0.05, 0) is 66.9 Å². The van der Waals surface area contributed by atoms with Gasteiger partial charge in [0.2, 0.25) is 0 Å². The van der Waals surface area contributed by atoms with E-state index in [9.17, 15) is 0 Å². The molecule has 0 aliphatic carbocycles. The minimum Gasteiger partial charge on any atom is -0.494 e. The van der Waals surface area contributed by atoms with E-state index >= 15 is 0 Å². The van der Waals surface area contributed by atoms with Gasteiger partial charge in [-0.3, -0.25) is 0 Å². The topological polar surface area (TPSA) is 50.0 Å². The lowest BCUT2D eigenvalue weighted by atomic mass is 10.2. The highest BCUT2D eigenvalue weighted by molar-refractivity contribution is 5.83. The average Bonchev–Trinajstić information content (AvgIpc) is 3.20. The molecule has 31 heavy (non-hydrogen) atoms. The van der Waals surface area contributed by atoms with Crippen LogP contribution in [0.25, 0.3) is 16.6 Å². The molecule has 156 valence electrons. The number of rotatable bonds is 9. The van der Waals surface area contributed by atoms with Gasteiger partial charge >= 0.3 is 0 Å². The summed E-state index contributed by atoms with van der Waals surface area (Å²) in [5.74, 6) is 0.846. The van der Waals surface area contributed by atoms with Crippen LogP contribution in [-0.4, -0.2) is 11.2 Å². The Hall–Kier alpha value is -3.71. The molecule has 0 atom stereocenters. The van der Waals surface area contributed by atoms with Crippen LogP contribution in [0.3, 0.4) is 0 Å². The molecule has 1 heterocycles. The molecule has 1 N–H and O–H groups in total. The standard InChI is InChI=1S/C27H27N3O/c1-2-24-19-22-9-3-4-11-27(22)30(24)25-14-12-23(13-15-25)29-20-21-8-7-10-26(18-21)31-17-6-5-16-28/h3-4,7-15,18-19,29H,2,5-6,17,20H2,1H3. The molecule has 4 rings (SSSR count). The number of aromatic nitrogens is 1. The SMILES string of the molecule is CCc1cc2ccccc2n1-c1ccc(NCc2cccc(OCCCC#N)c2)cc1. The molecule has 0 fully saturated rings. The third-order valence-electron chi connectivity index (χ3n) is 5.37. The van der Waals surface area contributed by atoms with Crippen molar-refractivity contribution in [3.8, 4) is 17.5 Å². The summed E-state index contributed by atoms with van der Waals surface area (Å²) in [6.45, 7) is 3.49. The van der Waals surface area contributed by atoms with Gasteiger partial charge in [0.1, 0.15) is 5.75 Å². The number of anilines is 1. The Morgan fingerprint density at radius 1 is 0.968 bits per heavy atom. The van der Waals surface area contributed by atoms with Crippen molar-refractivity contribution < 1.29 is 4.74 Å². The lowest BCUT2D eigenvalue weighted by Crippen LogP contribution is -2.02. The fraction of sp³-hybridized carbons (Fsp3) is 0.222. The monoisotopic (exact) mass is 409 g/mol. The number of nitriles is 1. The zero-order valence-electron chi connectivity index (χ0n) is 17.8. The highest BCUT2D eigenvalue weighted by Gasteiger charge is 2.09. The molecular weight excluding hydrogens is 382 g/mol. The quantitative estimate of drug-likeness (QED) is 0.322. The average molecular weight is 410 g/mol. The summed E-state index contributed by atoms with van der Waals surface area (Å²) in [4.78, 5) is 0. The summed E-state index contributed by atoms with van der Waals surface area (Å²) in [7, 11) is 0. The first-order chi connectivity index (χ1) is 15.3. The first kappa shape index (κ1) is 20.6. The van der Waals surface area contributed by atoms with Crippen molar-refractivity contribution >= 4 is 16.6 Å². The fourth-order valence-electron chi connectivity index (χ4n) is 3.80. The summed E-state index contributed by atoms with van der Waals surface area (Å²) in [6, 6.07) is 29.6. The first-order valence-corrected chi connectivity index (χ1v) is 10.8. The molecule has 0 radical (unpaired) electrons. The van der Waals surface area contributed by atoms with E-state index in [0.29, 0.717) is 13.0 Å². The predicted molar refractivity (Wildman–Crippen MR) is 127 cm³/mol. The van der Waals surface area contributed by atoms with E-state index in [1.54, 1.807) is 0 Å². The van der Waals surface area contributed by atoms with Gasteiger partial charge in [0.25, 0.3) is 0 Å². The number of nitrogens with one attached hydrogen (secondary N) is 1. The maximum Gasteiger partial charge on any atom is 0.119 e. The molecule has 0 saturated heterocycles. The Labute approximate surface area is 183 Å². The van der Waals surface area contributed by atoms with Crippen LogP contribution >= 0.6 is 0 Å². The normalized spacial score (nSPS) is 10.7. The summed E-state index contributed by atoms with van der Waals surface area (Å²) >= 11 is 0. The molecule has 0 saturated carbocycles. The van der Waals surface area contributed by atoms with Crippen LogP contribution in [-0.2, 0) is 13.0 Å². The highest BCUT2D eigenvalue weighted by Crippen LogP contribution is 2.26. The van der Waals surface area contributed by atoms with Crippen molar-refractivity contribution in [2.24, 2.45) is 0 Å². The first-order valence-electron chi connectivity index (χ1n) is 10.8. The summed E-state index contributed by atoms with van der Waals surface area (Å²) in [5, 5.41) is 13.4. The van der Waals surface area contributed by atoms with Crippen LogP contribution in [0, 0.1) is 11.3 Å². The van der Waals surface area contributed by atoms with Crippen LogP contribution in [0.1, 0.15) is 31.0 Å². The molecule has 0 spiro atoms. The Balaban J connectivity index is 1.43. The summed E-state index contributed by atoms with van der Waals surface area (Å²) in [6.07, 6.45) is 2.27. The zero-order chi connectivity index (χ0) is 21.5. The van der Waals surface area contributed by atoms with Crippen LogP contribution in [0.4, 0.5) is 5.69 Å². The van der Waals surface area contributed by atoms with Crippen molar-refractivity contribution in [1.82, 2.24) is 4.57 Å². The molecular formula is C27H27N3O. The van der Waals surface area contributed by atoms with Crippen molar-refractivity contribution in [2.75, 3.05) is 11.9 Å². The molecule has 0 aliphatic heterocycles. The number of fused-ring (bicyclic) bond motifs is 1. The van der Waals surface area contributed by atoms with Gasteiger partial charge in [-0.2, -0.15) is 5.26 Å². The third kappa shape index (κ3) is 4.90. The smallest absolute Gasteiger partial charge is 0.119 e. The van der Waals surface area contributed by atoms with Gasteiger partial charge in [0.15, 0.2) is 0 Å². The second-order valence-electron chi connectivity index (χ2n) is 7.54. The van der Waals surface area contributed by atoms with Crippen molar-refractivity contribution in [3.05, 3.63) is 90.1 Å². The van der Waals surface area contributed by atoms with Crippen molar-refractivity contribution in [3.63, 3.8) is 0 Å². The fourth-order valence-corrected chi connectivity index (χ4v) is 3.80. The van der Waals surface area contributed by atoms with Crippen LogP contribution in [0.5, 0.6) is 5.75 Å². The molecule has 4 nitrogen and oxygen atoms in total. The zero-order valence-corrected chi connectivity index (χ0v) is 17.8. The number of hydrogen-bond donors (Lipinski definition) is 1. The highest BCUT2D eigenvalue weighted by atomic mass is 16.5. The van der Waals surface area contributed by atoms with Gasteiger partial charge in [0.05, 0.1) is 18.2 Å². The molecule has 0 unspecified atom stereocenters. The predicted octanol–water partition coefficient (Wildman–Crippen LogP) is 6.49. The Morgan fingerprint density at radius 2 is 1.81 bits per heavy atom. The molecule has 1 aromatic heterocycles. The number of hydrogen-bond acceptors (Lipinski definition) is 3. The van der Waals surface area contributed by atoms with Gasteiger partial charge in [-0.1, -0.05) is 37.3 Å². The van der Waals surface area contributed by atoms with Gasteiger partial charge in [-0.25, -0.2) is 0 Å². The Bertz CT molecular complexity index is 1190. The summed E-state index contributed by atoms with van der Waals surface area (Å²) < 4.78 is 8.07. The van der Waals surface area contributed by atoms with Gasteiger partial charge in [0, 0.05) is 35.4 Å². The number of unbranched alkanes of at least 4 members (excludes halogenated alkanes) is 1. The second-order valence-corrected chi connectivity index (χ2v) is 7.54. The van der Waals surface area contributed by atoms with Gasteiger partial charge in [-0.15, -0.1) is 0 Å². The lowest BCUT2D eigenvalue weighted by Gasteiger charge is -2.12. The van der Waals surface area contributed by atoms with E-state index in [1.807, 2.05) is 18.2 Å². The number of aryl methyl sites for hydroxylation is 1. The third-order valence-corrected chi connectivity index (χ3v) is 5.37. The van der Waals surface area contributed by atoms with Crippen LogP contribution < -0.4 is 10.1 Å². The molecule has 4 heteroatoms. The number of para-hydroxylation sites is 1. The van der Waals surface area contributed by atoms with E-state index in [-0.39, 0.29) is 0 Å². The number of ether oxygens (including phenoxy) is 1. The maximum absolute atomic E-state index is 8.61. The Kier molecular flexibility index (Phi) is 6.54. The van der Waals surface area contributed by atoms with Crippen molar-refractivity contribution in [2.45, 2.75) is 32.7 Å². The Morgan fingerprint density at radius 3 is 2.61 bits per heavy atom. The molecule has 0 amide bonds. The van der Waals surface area contributed by atoms with E-state index < -0.39 is 0 Å². The molecule has 0 bridgehead atoms. The molecule has 0 aliphatic rings. The van der Waals surface area contributed by atoms with Gasteiger partial charge < -0.3 is 14.6 Å². The minimum absolute atomic E-state index is 0.524. The lowest BCUT2D eigenvalue weighted by molar-refractivity contribution is 0.312. The molecule has 3 aromatic carbocycles.